The highest BCUT2D eigenvalue weighted by atomic mass is 35.5. The Hall–Kier alpha value is -2.01. The molecule has 19 heavy (non-hydrogen) atoms. The standard InChI is InChI=1S/C13H15ClN4O/c1-2-18(8-9-4-3-5-10(14)6-9)13(19)12-11(15)7-16-17-12/h3-7H,2,8,15H2,1H3,(H,16,17). The first-order chi connectivity index (χ1) is 9.11. The molecule has 3 N–H and O–H groups in total. The first kappa shape index (κ1) is 13.4. The predicted octanol–water partition coefficient (Wildman–Crippen LogP) is 2.31. The average molecular weight is 279 g/mol. The van der Waals surface area contributed by atoms with Gasteiger partial charge in [0.25, 0.3) is 5.91 Å². The molecule has 6 heteroatoms. The van der Waals surface area contributed by atoms with E-state index in [1.54, 1.807) is 11.0 Å². The number of hydrogen-bond acceptors (Lipinski definition) is 3. The molecule has 1 aromatic carbocycles. The monoisotopic (exact) mass is 278 g/mol. The molecule has 2 aromatic rings. The quantitative estimate of drug-likeness (QED) is 0.901. The largest absolute Gasteiger partial charge is 0.396 e. The van der Waals surface area contributed by atoms with Crippen molar-refractivity contribution in [2.45, 2.75) is 13.5 Å². The van der Waals surface area contributed by atoms with Crippen molar-refractivity contribution in [1.82, 2.24) is 15.1 Å². The van der Waals surface area contributed by atoms with Crippen LogP contribution in [0.2, 0.25) is 5.02 Å². The second-order valence-corrected chi connectivity index (χ2v) is 4.59. The number of aromatic amines is 1. The van der Waals surface area contributed by atoms with Gasteiger partial charge in [-0.1, -0.05) is 23.7 Å². The normalized spacial score (nSPS) is 10.4. The summed E-state index contributed by atoms with van der Waals surface area (Å²) in [5.74, 6) is -0.169. The van der Waals surface area contributed by atoms with Crippen molar-refractivity contribution >= 4 is 23.2 Å². The lowest BCUT2D eigenvalue weighted by Crippen LogP contribution is -2.31. The Kier molecular flexibility index (Phi) is 4.06. The van der Waals surface area contributed by atoms with Crippen molar-refractivity contribution < 1.29 is 4.79 Å². The summed E-state index contributed by atoms with van der Waals surface area (Å²) >= 11 is 5.94. The fourth-order valence-corrected chi connectivity index (χ4v) is 2.02. The number of nitrogens with two attached hydrogens (primary N) is 1. The third kappa shape index (κ3) is 3.06. The number of rotatable bonds is 4. The van der Waals surface area contributed by atoms with Crippen LogP contribution in [0.4, 0.5) is 5.69 Å². The van der Waals surface area contributed by atoms with Gasteiger partial charge in [0.05, 0.1) is 11.9 Å². The number of benzene rings is 1. The molecule has 0 saturated heterocycles. The van der Waals surface area contributed by atoms with E-state index in [1.807, 2.05) is 25.1 Å². The van der Waals surface area contributed by atoms with Crippen molar-refractivity contribution in [2.24, 2.45) is 0 Å². The zero-order valence-corrected chi connectivity index (χ0v) is 11.3. The predicted molar refractivity (Wildman–Crippen MR) is 74.9 cm³/mol. The number of H-pyrrole nitrogens is 1. The second kappa shape index (κ2) is 5.75. The highest BCUT2D eigenvalue weighted by molar-refractivity contribution is 6.30. The number of aromatic nitrogens is 2. The summed E-state index contributed by atoms with van der Waals surface area (Å²) in [6.45, 7) is 2.97. The summed E-state index contributed by atoms with van der Waals surface area (Å²) in [4.78, 5) is 14.0. The van der Waals surface area contributed by atoms with Gasteiger partial charge >= 0.3 is 0 Å². The first-order valence-corrected chi connectivity index (χ1v) is 6.32. The third-order valence-corrected chi connectivity index (χ3v) is 3.05. The van der Waals surface area contributed by atoms with Crippen LogP contribution in [0.1, 0.15) is 23.0 Å². The SMILES string of the molecule is CCN(Cc1cccc(Cl)c1)C(=O)c1[nH]ncc1N. The topological polar surface area (TPSA) is 75.0 Å². The molecule has 5 nitrogen and oxygen atoms in total. The maximum Gasteiger partial charge on any atom is 0.274 e. The van der Waals surface area contributed by atoms with Crippen LogP contribution < -0.4 is 5.73 Å². The van der Waals surface area contributed by atoms with Crippen LogP contribution in [0.15, 0.2) is 30.5 Å². The van der Waals surface area contributed by atoms with Gasteiger partial charge in [-0.15, -0.1) is 0 Å². The van der Waals surface area contributed by atoms with Gasteiger partial charge in [0, 0.05) is 18.1 Å². The first-order valence-electron chi connectivity index (χ1n) is 5.94. The maximum atomic E-state index is 12.3. The molecular weight excluding hydrogens is 264 g/mol. The van der Waals surface area contributed by atoms with Crippen molar-refractivity contribution in [1.29, 1.82) is 0 Å². The van der Waals surface area contributed by atoms with Crippen LogP contribution in [-0.4, -0.2) is 27.5 Å². The fraction of sp³-hybridized carbons (Fsp3) is 0.231. The molecule has 1 aromatic heterocycles. The summed E-state index contributed by atoms with van der Waals surface area (Å²) in [6.07, 6.45) is 1.43. The van der Waals surface area contributed by atoms with E-state index in [0.29, 0.717) is 29.5 Å². The Bertz CT molecular complexity index is 582. The smallest absolute Gasteiger partial charge is 0.274 e. The van der Waals surface area contributed by atoms with E-state index in [2.05, 4.69) is 10.2 Å². The van der Waals surface area contributed by atoms with E-state index in [0.717, 1.165) is 5.56 Å². The van der Waals surface area contributed by atoms with Gasteiger partial charge in [-0.3, -0.25) is 9.89 Å². The lowest BCUT2D eigenvalue weighted by Gasteiger charge is -2.20. The molecule has 1 heterocycles. The average Bonchev–Trinajstić information content (AvgIpc) is 2.81. The Morgan fingerprint density at radius 3 is 2.89 bits per heavy atom. The summed E-state index contributed by atoms with van der Waals surface area (Å²) in [6, 6.07) is 7.43. The van der Waals surface area contributed by atoms with Crippen molar-refractivity contribution in [3.63, 3.8) is 0 Å². The number of nitrogens with one attached hydrogen (secondary N) is 1. The van der Waals surface area contributed by atoms with Crippen LogP contribution in [-0.2, 0) is 6.54 Å². The Labute approximate surface area is 116 Å². The second-order valence-electron chi connectivity index (χ2n) is 4.15. The Morgan fingerprint density at radius 1 is 1.53 bits per heavy atom. The van der Waals surface area contributed by atoms with Gasteiger partial charge in [0.1, 0.15) is 5.69 Å². The van der Waals surface area contributed by atoms with Gasteiger partial charge in [0.2, 0.25) is 0 Å². The van der Waals surface area contributed by atoms with Crippen LogP contribution in [0, 0.1) is 0 Å². The minimum atomic E-state index is -0.169. The zero-order valence-electron chi connectivity index (χ0n) is 10.6. The molecule has 0 radical (unpaired) electrons. The number of halogens is 1. The number of nitrogens with zero attached hydrogens (tertiary/aromatic N) is 2. The number of nitrogen functional groups attached to an aromatic ring is 1. The molecule has 0 bridgehead atoms. The highest BCUT2D eigenvalue weighted by Crippen LogP contribution is 2.15. The molecule has 0 atom stereocenters. The van der Waals surface area contributed by atoms with Crippen molar-refractivity contribution in [3.05, 3.63) is 46.7 Å². The number of hydrogen-bond donors (Lipinski definition) is 2. The van der Waals surface area contributed by atoms with Crippen molar-refractivity contribution in [2.75, 3.05) is 12.3 Å². The minimum absolute atomic E-state index is 0.169. The van der Waals surface area contributed by atoms with E-state index < -0.39 is 0 Å². The molecule has 0 fully saturated rings. The lowest BCUT2D eigenvalue weighted by atomic mass is 10.2. The molecule has 100 valence electrons. The number of carbonyl (C=O) groups is 1. The number of anilines is 1. The zero-order chi connectivity index (χ0) is 13.8. The Morgan fingerprint density at radius 2 is 2.32 bits per heavy atom. The summed E-state index contributed by atoms with van der Waals surface area (Å²) < 4.78 is 0. The number of amides is 1. The van der Waals surface area contributed by atoms with E-state index in [-0.39, 0.29) is 5.91 Å². The Balaban J connectivity index is 2.17. The molecule has 2 rings (SSSR count). The molecule has 0 unspecified atom stereocenters. The van der Waals surface area contributed by atoms with Crippen LogP contribution >= 0.6 is 11.6 Å². The molecule has 0 saturated carbocycles. The van der Waals surface area contributed by atoms with Crippen LogP contribution in [0.5, 0.6) is 0 Å². The van der Waals surface area contributed by atoms with Gasteiger partial charge in [-0.2, -0.15) is 5.10 Å². The minimum Gasteiger partial charge on any atom is -0.396 e. The summed E-state index contributed by atoms with van der Waals surface area (Å²) in [5, 5.41) is 7.04. The van der Waals surface area contributed by atoms with E-state index in [9.17, 15) is 4.79 Å². The summed E-state index contributed by atoms with van der Waals surface area (Å²) in [5.41, 5.74) is 7.34. The van der Waals surface area contributed by atoms with Crippen molar-refractivity contribution in [3.8, 4) is 0 Å². The van der Waals surface area contributed by atoms with E-state index in [4.69, 9.17) is 17.3 Å². The molecule has 0 aliphatic carbocycles. The van der Waals surface area contributed by atoms with Crippen LogP contribution in [0.3, 0.4) is 0 Å². The molecule has 1 amide bonds. The lowest BCUT2D eigenvalue weighted by molar-refractivity contribution is 0.0747. The molecule has 0 spiro atoms. The van der Waals surface area contributed by atoms with Gasteiger partial charge in [0.15, 0.2) is 0 Å². The molecule has 0 aliphatic rings. The van der Waals surface area contributed by atoms with Gasteiger partial charge in [-0.05, 0) is 24.6 Å². The van der Waals surface area contributed by atoms with Gasteiger partial charge < -0.3 is 10.6 Å². The fourth-order valence-electron chi connectivity index (χ4n) is 1.81. The highest BCUT2D eigenvalue weighted by Gasteiger charge is 2.18. The van der Waals surface area contributed by atoms with E-state index in [1.165, 1.54) is 6.20 Å². The molecule has 0 aliphatic heterocycles. The molecular formula is C13H15ClN4O. The van der Waals surface area contributed by atoms with Crippen LogP contribution in [0.25, 0.3) is 0 Å². The third-order valence-electron chi connectivity index (χ3n) is 2.81. The van der Waals surface area contributed by atoms with E-state index >= 15 is 0 Å². The maximum absolute atomic E-state index is 12.3. The number of carbonyl (C=O) groups excluding carboxylic acids is 1. The van der Waals surface area contributed by atoms with Gasteiger partial charge in [-0.25, -0.2) is 0 Å². The summed E-state index contributed by atoms with van der Waals surface area (Å²) in [7, 11) is 0.